The number of nitrogens with zero attached hydrogens (tertiary/aromatic N) is 2. The van der Waals surface area contributed by atoms with Crippen molar-refractivity contribution < 1.29 is 27.8 Å². The van der Waals surface area contributed by atoms with Gasteiger partial charge in [0.05, 0.1) is 5.70 Å². The molecule has 0 saturated carbocycles. The summed E-state index contributed by atoms with van der Waals surface area (Å²) in [6.45, 7) is 2.91. The van der Waals surface area contributed by atoms with Crippen molar-refractivity contribution in [1.82, 2.24) is 15.1 Å². The molecule has 1 aromatic carbocycles. The van der Waals surface area contributed by atoms with Crippen LogP contribution in [0.4, 0.5) is 13.2 Å². The third kappa shape index (κ3) is 3.37. The first-order chi connectivity index (χ1) is 15.1. The van der Waals surface area contributed by atoms with Gasteiger partial charge in [-0.25, -0.2) is 0 Å². The number of aryl methyl sites for hydroxylation is 1. The number of nitrogens with one attached hydrogen (secondary N) is 1. The Bertz CT molecular complexity index is 1030. The van der Waals surface area contributed by atoms with E-state index in [0.717, 1.165) is 25.0 Å². The van der Waals surface area contributed by atoms with E-state index in [1.54, 1.807) is 24.2 Å². The lowest BCUT2D eigenvalue weighted by Gasteiger charge is -2.35. The van der Waals surface area contributed by atoms with Crippen LogP contribution in [0.1, 0.15) is 29.5 Å². The van der Waals surface area contributed by atoms with Crippen LogP contribution in [0, 0.1) is 6.92 Å². The van der Waals surface area contributed by atoms with Crippen molar-refractivity contribution in [3.8, 4) is 0 Å². The minimum Gasteiger partial charge on any atom is -0.382 e. The number of benzene rings is 1. The maximum absolute atomic E-state index is 13.6. The second-order valence-electron chi connectivity index (χ2n) is 7.93. The molecule has 4 rings (SSSR count). The number of carbonyl (C=O) groups is 1. The van der Waals surface area contributed by atoms with E-state index in [2.05, 4.69) is 5.32 Å². The summed E-state index contributed by atoms with van der Waals surface area (Å²) >= 11 is 0. The highest BCUT2D eigenvalue weighted by Crippen LogP contribution is 2.43. The fourth-order valence-corrected chi connectivity index (χ4v) is 4.19. The van der Waals surface area contributed by atoms with Crippen molar-refractivity contribution in [2.24, 2.45) is 11.5 Å². The third-order valence-corrected chi connectivity index (χ3v) is 5.98. The van der Waals surface area contributed by atoms with Crippen molar-refractivity contribution in [1.29, 1.82) is 0 Å². The van der Waals surface area contributed by atoms with E-state index >= 15 is 0 Å². The van der Waals surface area contributed by atoms with Gasteiger partial charge in [-0.15, -0.1) is 0 Å². The quantitative estimate of drug-likeness (QED) is 0.548. The summed E-state index contributed by atoms with van der Waals surface area (Å²) in [5, 5.41) is 13.2. The van der Waals surface area contributed by atoms with Crippen LogP contribution in [0.25, 0.3) is 5.70 Å². The molecule has 1 amide bonds. The molecule has 0 aromatic heterocycles. The fourth-order valence-electron chi connectivity index (χ4n) is 4.19. The van der Waals surface area contributed by atoms with E-state index in [1.165, 1.54) is 6.07 Å². The minimum atomic E-state index is -5.28. The second kappa shape index (κ2) is 7.75. The number of rotatable bonds is 4. The number of nitrogens with two attached hydrogens (primary N) is 2. The van der Waals surface area contributed by atoms with E-state index in [1.807, 2.05) is 11.1 Å². The fraction of sp³-hybridized carbons (Fsp3) is 0.381. The average Bonchev–Trinajstić information content (AvgIpc) is 3.14. The van der Waals surface area contributed by atoms with Gasteiger partial charge < -0.3 is 31.5 Å². The summed E-state index contributed by atoms with van der Waals surface area (Å²) in [6, 6.07) is 3.71. The number of hydrogen-bond donors (Lipinski definition) is 4. The van der Waals surface area contributed by atoms with Gasteiger partial charge in [0.25, 0.3) is 11.5 Å². The number of amides is 1. The van der Waals surface area contributed by atoms with Crippen molar-refractivity contribution >= 4 is 11.6 Å². The summed E-state index contributed by atoms with van der Waals surface area (Å²) in [5.41, 5.74) is 8.33. The topological polar surface area (TPSA) is 117 Å². The number of carbonyl (C=O) groups excluding carboxylic acids is 1. The molecule has 6 N–H and O–H groups in total. The molecule has 0 spiro atoms. The first-order valence-electron chi connectivity index (χ1n) is 10.1. The number of fused-ring (bicyclic) bond motifs is 1. The van der Waals surface area contributed by atoms with Gasteiger partial charge in [0.15, 0.2) is 5.82 Å². The Hall–Kier alpha value is -3.18. The van der Waals surface area contributed by atoms with Gasteiger partial charge in [0.2, 0.25) is 0 Å². The predicted molar refractivity (Wildman–Crippen MR) is 109 cm³/mol. The molecule has 3 aliphatic rings. The summed E-state index contributed by atoms with van der Waals surface area (Å²) < 4.78 is 46.4. The van der Waals surface area contributed by atoms with Crippen LogP contribution < -0.4 is 16.8 Å². The summed E-state index contributed by atoms with van der Waals surface area (Å²) in [6.07, 6.45) is 1.38. The SMILES string of the molecule is Cc1ccc(C(O)(C(N)=O)C(F)(F)F)cc1C1=CN(C2CCOCC2)C2=C(N)NC=CN12. The Morgan fingerprint density at radius 2 is 1.97 bits per heavy atom. The Morgan fingerprint density at radius 1 is 1.28 bits per heavy atom. The highest BCUT2D eigenvalue weighted by Gasteiger charge is 2.60. The van der Waals surface area contributed by atoms with Gasteiger partial charge in [-0.1, -0.05) is 12.1 Å². The summed E-state index contributed by atoms with van der Waals surface area (Å²) in [5.74, 6) is -0.848. The smallest absolute Gasteiger partial charge is 0.382 e. The highest BCUT2D eigenvalue weighted by molar-refractivity contribution is 5.86. The molecular weight excluding hydrogens is 427 g/mol. The first kappa shape index (κ1) is 22.0. The number of halogens is 3. The van der Waals surface area contributed by atoms with Crippen LogP contribution in [-0.2, 0) is 15.1 Å². The lowest BCUT2D eigenvalue weighted by Crippen LogP contribution is -2.52. The number of hydrogen-bond acceptors (Lipinski definition) is 7. The van der Waals surface area contributed by atoms with Crippen molar-refractivity contribution in [3.05, 3.63) is 65.1 Å². The molecular formula is C21H24F3N5O3. The molecule has 172 valence electrons. The Morgan fingerprint density at radius 3 is 2.59 bits per heavy atom. The van der Waals surface area contributed by atoms with Crippen molar-refractivity contribution in [2.75, 3.05) is 13.2 Å². The number of alkyl halides is 3. The van der Waals surface area contributed by atoms with Crippen LogP contribution in [0.3, 0.4) is 0 Å². The van der Waals surface area contributed by atoms with Gasteiger partial charge in [0, 0.05) is 49.0 Å². The van der Waals surface area contributed by atoms with Gasteiger partial charge in [0.1, 0.15) is 5.82 Å². The molecule has 1 saturated heterocycles. The van der Waals surface area contributed by atoms with Crippen molar-refractivity contribution in [3.63, 3.8) is 0 Å². The van der Waals surface area contributed by atoms with Crippen LogP contribution in [0.15, 0.2) is 48.4 Å². The molecule has 1 aromatic rings. The molecule has 3 heterocycles. The van der Waals surface area contributed by atoms with Gasteiger partial charge >= 0.3 is 6.18 Å². The molecule has 8 nitrogen and oxygen atoms in total. The molecule has 3 aliphatic heterocycles. The zero-order valence-corrected chi connectivity index (χ0v) is 17.3. The molecule has 1 atom stereocenters. The zero-order valence-electron chi connectivity index (χ0n) is 17.3. The molecule has 0 radical (unpaired) electrons. The van der Waals surface area contributed by atoms with Gasteiger partial charge in [-0.2, -0.15) is 13.2 Å². The third-order valence-electron chi connectivity index (χ3n) is 5.98. The lowest BCUT2D eigenvalue weighted by atomic mass is 9.89. The molecule has 32 heavy (non-hydrogen) atoms. The van der Waals surface area contributed by atoms with Gasteiger partial charge in [-0.3, -0.25) is 9.69 Å². The first-order valence-corrected chi connectivity index (χ1v) is 10.1. The standard InChI is InChI=1S/C21H24F3N5O3/c1-12-2-3-13(20(31,19(26)30)21(22,23)24)10-15(12)16-11-29(14-4-8-32-9-5-14)18-17(25)27-6-7-28(16)18/h2-3,6-7,10-11,14,27,31H,4-5,8-9,25H2,1H3,(H2,26,30). The lowest BCUT2D eigenvalue weighted by molar-refractivity contribution is -0.255. The zero-order chi connectivity index (χ0) is 23.3. The van der Waals surface area contributed by atoms with Crippen LogP contribution in [-0.4, -0.2) is 46.2 Å². The van der Waals surface area contributed by atoms with E-state index in [9.17, 15) is 23.1 Å². The second-order valence-corrected chi connectivity index (χ2v) is 7.93. The molecule has 11 heteroatoms. The highest BCUT2D eigenvalue weighted by atomic mass is 19.4. The van der Waals surface area contributed by atoms with E-state index in [4.69, 9.17) is 16.2 Å². The summed E-state index contributed by atoms with van der Waals surface area (Å²) in [7, 11) is 0. The van der Waals surface area contributed by atoms with Crippen LogP contribution in [0.2, 0.25) is 0 Å². The largest absolute Gasteiger partial charge is 0.430 e. The van der Waals surface area contributed by atoms with Crippen LogP contribution in [0.5, 0.6) is 0 Å². The maximum Gasteiger partial charge on any atom is 0.430 e. The average molecular weight is 451 g/mol. The van der Waals surface area contributed by atoms with E-state index in [0.29, 0.717) is 41.7 Å². The van der Waals surface area contributed by atoms with Gasteiger partial charge in [-0.05, 0) is 31.4 Å². The predicted octanol–water partition coefficient (Wildman–Crippen LogP) is 1.48. The minimum absolute atomic E-state index is 0.0896. The van der Waals surface area contributed by atoms with E-state index in [-0.39, 0.29) is 6.04 Å². The number of aliphatic hydroxyl groups is 1. The molecule has 1 fully saturated rings. The Kier molecular flexibility index (Phi) is 5.33. The number of primary amides is 1. The number of ether oxygens (including phenoxy) is 1. The normalized spacial score (nSPS) is 21.2. The van der Waals surface area contributed by atoms with Crippen LogP contribution >= 0.6 is 0 Å². The maximum atomic E-state index is 13.6. The molecule has 0 bridgehead atoms. The molecule has 1 unspecified atom stereocenters. The molecule has 0 aliphatic carbocycles. The Labute approximate surface area is 182 Å². The van der Waals surface area contributed by atoms with E-state index < -0.39 is 23.2 Å². The monoisotopic (exact) mass is 451 g/mol. The van der Waals surface area contributed by atoms with Crippen molar-refractivity contribution in [2.45, 2.75) is 37.6 Å². The summed E-state index contributed by atoms with van der Waals surface area (Å²) in [4.78, 5) is 15.4. The Balaban J connectivity index is 1.83.